The van der Waals surface area contributed by atoms with Gasteiger partial charge in [-0.3, -0.25) is 4.79 Å². The molecular weight excluding hydrogens is 230 g/mol. The van der Waals surface area contributed by atoms with Gasteiger partial charge in [0, 0.05) is 12.7 Å². The summed E-state index contributed by atoms with van der Waals surface area (Å²) in [6.45, 7) is 2.80. The van der Waals surface area contributed by atoms with Gasteiger partial charge in [-0.05, 0) is 44.0 Å². The molecule has 0 radical (unpaired) electrons. The number of nitrogens with zero attached hydrogens (tertiary/aromatic N) is 1. The van der Waals surface area contributed by atoms with Crippen LogP contribution in [0, 0.1) is 5.92 Å². The van der Waals surface area contributed by atoms with Gasteiger partial charge in [-0.25, -0.2) is 4.98 Å². The van der Waals surface area contributed by atoms with Gasteiger partial charge in [-0.2, -0.15) is 0 Å². The summed E-state index contributed by atoms with van der Waals surface area (Å²) in [6.07, 6.45) is 3.84. The highest BCUT2D eigenvalue weighted by Gasteiger charge is 2.16. The highest BCUT2D eigenvalue weighted by atomic mass is 16.5. The molecule has 1 saturated heterocycles. The van der Waals surface area contributed by atoms with Crippen LogP contribution in [0.3, 0.4) is 0 Å². The summed E-state index contributed by atoms with van der Waals surface area (Å²) in [5, 5.41) is 6.27. The van der Waals surface area contributed by atoms with E-state index in [9.17, 15) is 4.79 Å². The molecule has 0 aromatic carbocycles. The van der Waals surface area contributed by atoms with Crippen LogP contribution in [0.5, 0.6) is 5.88 Å². The number of methoxy groups -OCH3 is 1. The number of carbonyl (C=O) groups excluding carboxylic acids is 1. The van der Waals surface area contributed by atoms with Gasteiger partial charge in [-0.15, -0.1) is 0 Å². The van der Waals surface area contributed by atoms with Crippen molar-refractivity contribution < 1.29 is 9.53 Å². The van der Waals surface area contributed by atoms with Crippen molar-refractivity contribution >= 4 is 5.91 Å². The lowest BCUT2D eigenvalue weighted by Crippen LogP contribution is -2.36. The van der Waals surface area contributed by atoms with Gasteiger partial charge in [0.1, 0.15) is 5.56 Å². The number of amides is 1. The van der Waals surface area contributed by atoms with Gasteiger partial charge in [0.2, 0.25) is 5.88 Å². The monoisotopic (exact) mass is 249 g/mol. The molecule has 0 spiro atoms. The van der Waals surface area contributed by atoms with Crippen LogP contribution in [-0.4, -0.2) is 37.6 Å². The van der Waals surface area contributed by atoms with E-state index < -0.39 is 0 Å². The molecule has 1 aliphatic rings. The summed E-state index contributed by atoms with van der Waals surface area (Å²) in [6, 6.07) is 3.46. The fraction of sp³-hybridized carbons (Fsp3) is 0.538. The van der Waals surface area contributed by atoms with Crippen molar-refractivity contribution in [3.63, 3.8) is 0 Å². The Morgan fingerprint density at radius 3 is 3.06 bits per heavy atom. The number of carbonyl (C=O) groups is 1. The zero-order chi connectivity index (χ0) is 12.8. The Morgan fingerprint density at radius 2 is 2.33 bits per heavy atom. The lowest BCUT2D eigenvalue weighted by Gasteiger charge is -2.22. The lowest BCUT2D eigenvalue weighted by molar-refractivity contribution is 0.0940. The van der Waals surface area contributed by atoms with Gasteiger partial charge in [-0.1, -0.05) is 0 Å². The number of nitrogens with one attached hydrogen (secondary N) is 2. The largest absolute Gasteiger partial charge is 0.480 e. The van der Waals surface area contributed by atoms with Gasteiger partial charge in [0.15, 0.2) is 0 Å². The average molecular weight is 249 g/mol. The molecule has 2 rings (SSSR count). The van der Waals surface area contributed by atoms with Crippen molar-refractivity contribution in [3.05, 3.63) is 23.9 Å². The predicted octanol–water partition coefficient (Wildman–Crippen LogP) is 0.820. The molecule has 1 aliphatic heterocycles. The third kappa shape index (κ3) is 3.20. The third-order valence-electron chi connectivity index (χ3n) is 3.22. The highest BCUT2D eigenvalue weighted by Crippen LogP contribution is 2.14. The molecule has 0 saturated carbocycles. The minimum atomic E-state index is -0.113. The summed E-state index contributed by atoms with van der Waals surface area (Å²) in [7, 11) is 1.52. The molecule has 2 N–H and O–H groups in total. The topological polar surface area (TPSA) is 63.2 Å². The maximum absolute atomic E-state index is 12.0. The third-order valence-corrected chi connectivity index (χ3v) is 3.22. The van der Waals surface area contributed by atoms with E-state index in [4.69, 9.17) is 4.74 Å². The van der Waals surface area contributed by atoms with E-state index in [0.29, 0.717) is 17.4 Å². The van der Waals surface area contributed by atoms with Crippen molar-refractivity contribution in [2.75, 3.05) is 26.7 Å². The van der Waals surface area contributed by atoms with E-state index in [1.54, 1.807) is 18.3 Å². The average Bonchev–Trinajstić information content (AvgIpc) is 2.45. The second-order valence-electron chi connectivity index (χ2n) is 4.46. The Morgan fingerprint density at radius 1 is 1.56 bits per heavy atom. The molecule has 1 fully saturated rings. The van der Waals surface area contributed by atoms with E-state index in [-0.39, 0.29) is 5.91 Å². The Labute approximate surface area is 107 Å². The lowest BCUT2D eigenvalue weighted by atomic mass is 9.98. The van der Waals surface area contributed by atoms with Crippen LogP contribution in [0.15, 0.2) is 18.3 Å². The zero-order valence-corrected chi connectivity index (χ0v) is 10.6. The summed E-state index contributed by atoms with van der Waals surface area (Å²) >= 11 is 0. The quantitative estimate of drug-likeness (QED) is 0.829. The summed E-state index contributed by atoms with van der Waals surface area (Å²) in [4.78, 5) is 16.0. The van der Waals surface area contributed by atoms with Gasteiger partial charge < -0.3 is 15.4 Å². The van der Waals surface area contributed by atoms with Gasteiger partial charge in [0.05, 0.1) is 7.11 Å². The van der Waals surface area contributed by atoms with E-state index >= 15 is 0 Å². The first-order valence-electron chi connectivity index (χ1n) is 6.29. The fourth-order valence-corrected chi connectivity index (χ4v) is 2.14. The molecule has 5 nitrogen and oxygen atoms in total. The molecule has 0 unspecified atom stereocenters. The van der Waals surface area contributed by atoms with Gasteiger partial charge in [0.25, 0.3) is 5.91 Å². The minimum Gasteiger partial charge on any atom is -0.480 e. The second kappa shape index (κ2) is 6.35. The number of hydrogen-bond acceptors (Lipinski definition) is 4. The molecule has 98 valence electrons. The van der Waals surface area contributed by atoms with Crippen molar-refractivity contribution in [3.8, 4) is 5.88 Å². The van der Waals surface area contributed by atoms with Crippen LogP contribution in [0.1, 0.15) is 23.2 Å². The number of ether oxygens (including phenoxy) is 1. The predicted molar refractivity (Wildman–Crippen MR) is 68.7 cm³/mol. The van der Waals surface area contributed by atoms with E-state index in [1.165, 1.54) is 7.11 Å². The van der Waals surface area contributed by atoms with E-state index in [2.05, 4.69) is 15.6 Å². The molecule has 0 bridgehead atoms. The highest BCUT2D eigenvalue weighted by molar-refractivity contribution is 5.96. The van der Waals surface area contributed by atoms with Crippen molar-refractivity contribution in [1.29, 1.82) is 0 Å². The van der Waals surface area contributed by atoms with Crippen LogP contribution in [0.4, 0.5) is 0 Å². The zero-order valence-electron chi connectivity index (χ0n) is 10.6. The van der Waals surface area contributed by atoms with Crippen LogP contribution in [0.25, 0.3) is 0 Å². The Balaban J connectivity index is 1.90. The number of hydrogen-bond donors (Lipinski definition) is 2. The fourth-order valence-electron chi connectivity index (χ4n) is 2.14. The van der Waals surface area contributed by atoms with E-state index in [0.717, 1.165) is 32.5 Å². The number of piperidine rings is 1. The van der Waals surface area contributed by atoms with Crippen LogP contribution >= 0.6 is 0 Å². The van der Waals surface area contributed by atoms with E-state index in [1.807, 2.05) is 0 Å². The molecule has 1 amide bonds. The number of pyridine rings is 1. The first kappa shape index (κ1) is 12.8. The summed E-state index contributed by atoms with van der Waals surface area (Å²) in [5.74, 6) is 0.830. The normalized spacial score (nSPS) is 16.3. The SMILES string of the molecule is COc1ncccc1C(=O)NCC1CCNCC1. The Bertz CT molecular complexity index is 403. The molecule has 0 aliphatic carbocycles. The Hall–Kier alpha value is -1.62. The number of rotatable bonds is 4. The summed E-state index contributed by atoms with van der Waals surface area (Å²) in [5.41, 5.74) is 0.494. The Kier molecular flexibility index (Phi) is 4.52. The maximum Gasteiger partial charge on any atom is 0.256 e. The second-order valence-corrected chi connectivity index (χ2v) is 4.46. The molecule has 0 atom stereocenters. The van der Waals surface area contributed by atoms with Crippen molar-refractivity contribution in [2.24, 2.45) is 5.92 Å². The first-order chi connectivity index (χ1) is 8.81. The maximum atomic E-state index is 12.0. The van der Waals surface area contributed by atoms with Crippen LogP contribution in [0.2, 0.25) is 0 Å². The number of aromatic nitrogens is 1. The molecule has 5 heteroatoms. The summed E-state index contributed by atoms with van der Waals surface area (Å²) < 4.78 is 5.08. The van der Waals surface area contributed by atoms with Crippen LogP contribution < -0.4 is 15.4 Å². The van der Waals surface area contributed by atoms with Crippen molar-refractivity contribution in [2.45, 2.75) is 12.8 Å². The minimum absolute atomic E-state index is 0.113. The van der Waals surface area contributed by atoms with Crippen molar-refractivity contribution in [1.82, 2.24) is 15.6 Å². The molecule has 1 aromatic heterocycles. The smallest absolute Gasteiger partial charge is 0.256 e. The van der Waals surface area contributed by atoms with Gasteiger partial charge >= 0.3 is 0 Å². The molecular formula is C13H19N3O2. The molecule has 1 aromatic rings. The molecule has 2 heterocycles. The van der Waals surface area contributed by atoms with Crippen LogP contribution in [-0.2, 0) is 0 Å². The molecule has 18 heavy (non-hydrogen) atoms. The standard InChI is InChI=1S/C13H19N3O2/c1-18-13-11(3-2-6-15-13)12(17)16-9-10-4-7-14-8-5-10/h2-3,6,10,14H,4-5,7-9H2,1H3,(H,16,17). The first-order valence-corrected chi connectivity index (χ1v) is 6.29.